The molecule has 2 aromatic rings. The molecule has 0 radical (unpaired) electrons. The first-order valence-electron chi connectivity index (χ1n) is 10.0. The number of hydrogen-bond acceptors (Lipinski definition) is 3. The molecule has 3 rings (SSSR count). The number of halogens is 6. The molecule has 174 valence electrons. The Morgan fingerprint density at radius 2 is 1.62 bits per heavy atom. The Balaban J connectivity index is 1.90. The van der Waals surface area contributed by atoms with Gasteiger partial charge in [-0.05, 0) is 49.1 Å². The lowest BCUT2D eigenvalue weighted by molar-refractivity contribution is -0.143. The smallest absolute Gasteiger partial charge is 0.376 e. The van der Waals surface area contributed by atoms with E-state index in [-0.39, 0.29) is 24.3 Å². The van der Waals surface area contributed by atoms with Gasteiger partial charge in [0.25, 0.3) is 0 Å². The number of alkyl halides is 6. The van der Waals surface area contributed by atoms with Crippen LogP contribution < -0.4 is 11.1 Å². The Labute approximate surface area is 182 Å². The molecule has 0 spiro atoms. The van der Waals surface area contributed by atoms with E-state index in [1.807, 2.05) is 30.3 Å². The van der Waals surface area contributed by atoms with Gasteiger partial charge in [0, 0.05) is 11.7 Å². The Morgan fingerprint density at radius 3 is 2.12 bits per heavy atom. The second-order valence-electron chi connectivity index (χ2n) is 8.04. The number of benzene rings is 2. The van der Waals surface area contributed by atoms with Gasteiger partial charge in [-0.15, -0.1) is 0 Å². The molecule has 9 heteroatoms. The summed E-state index contributed by atoms with van der Waals surface area (Å²) in [5, 5.41) is 3.27. The SMILES string of the molecule is C=C1N[C@](CO[C@H](C)c2cc(C(F)(F)F)cc(C(F)(F)F)c2)(c2ccccc2)CC[C@@H]1N. The molecule has 0 bridgehead atoms. The van der Waals surface area contributed by atoms with Crippen LogP contribution in [0.25, 0.3) is 0 Å². The monoisotopic (exact) mass is 458 g/mol. The summed E-state index contributed by atoms with van der Waals surface area (Å²) in [4.78, 5) is 0. The molecule has 1 heterocycles. The first kappa shape index (κ1) is 24.1. The van der Waals surface area contributed by atoms with Crippen LogP contribution in [0.4, 0.5) is 26.3 Å². The summed E-state index contributed by atoms with van der Waals surface area (Å²) in [6.45, 7) is 5.37. The fraction of sp³-hybridized carbons (Fsp3) is 0.391. The van der Waals surface area contributed by atoms with Crippen LogP contribution in [0.1, 0.15) is 48.1 Å². The number of ether oxygens (including phenoxy) is 1. The van der Waals surface area contributed by atoms with E-state index in [4.69, 9.17) is 10.5 Å². The van der Waals surface area contributed by atoms with E-state index in [0.29, 0.717) is 30.7 Å². The summed E-state index contributed by atoms with van der Waals surface area (Å²) in [6, 6.07) is 10.5. The summed E-state index contributed by atoms with van der Waals surface area (Å²) in [5.74, 6) is 0. The van der Waals surface area contributed by atoms with Gasteiger partial charge in [0.05, 0.1) is 29.4 Å². The van der Waals surface area contributed by atoms with Crippen LogP contribution in [0.15, 0.2) is 60.8 Å². The highest BCUT2D eigenvalue weighted by atomic mass is 19.4. The topological polar surface area (TPSA) is 47.3 Å². The van der Waals surface area contributed by atoms with Gasteiger partial charge in [-0.3, -0.25) is 0 Å². The Hall–Kier alpha value is -2.52. The number of nitrogens with two attached hydrogens (primary N) is 1. The molecule has 1 saturated heterocycles. The van der Waals surface area contributed by atoms with Gasteiger partial charge in [0.15, 0.2) is 0 Å². The van der Waals surface area contributed by atoms with Crippen molar-refractivity contribution in [1.82, 2.24) is 5.32 Å². The first-order valence-corrected chi connectivity index (χ1v) is 10.0. The third kappa shape index (κ3) is 5.27. The third-order valence-corrected chi connectivity index (χ3v) is 5.72. The van der Waals surface area contributed by atoms with Crippen LogP contribution in [-0.4, -0.2) is 12.6 Å². The summed E-state index contributed by atoms with van der Waals surface area (Å²) in [5.41, 5.74) is 3.78. The lowest BCUT2D eigenvalue weighted by Crippen LogP contribution is -2.53. The highest BCUT2D eigenvalue weighted by Crippen LogP contribution is 2.39. The Morgan fingerprint density at radius 1 is 1.06 bits per heavy atom. The maximum Gasteiger partial charge on any atom is 0.416 e. The molecule has 3 N–H and O–H groups in total. The van der Waals surface area contributed by atoms with Crippen molar-refractivity contribution in [2.24, 2.45) is 5.73 Å². The van der Waals surface area contributed by atoms with Crippen molar-refractivity contribution in [3.8, 4) is 0 Å². The van der Waals surface area contributed by atoms with E-state index in [1.165, 1.54) is 6.92 Å². The van der Waals surface area contributed by atoms with Crippen LogP contribution in [0, 0.1) is 0 Å². The van der Waals surface area contributed by atoms with E-state index in [2.05, 4.69) is 11.9 Å². The van der Waals surface area contributed by atoms with Gasteiger partial charge in [-0.2, -0.15) is 26.3 Å². The molecule has 3 atom stereocenters. The minimum absolute atomic E-state index is 0.00150. The van der Waals surface area contributed by atoms with E-state index >= 15 is 0 Å². The predicted octanol–water partition coefficient (Wildman–Crippen LogP) is 5.92. The lowest BCUT2D eigenvalue weighted by atomic mass is 9.80. The number of rotatable bonds is 5. The average molecular weight is 458 g/mol. The third-order valence-electron chi connectivity index (χ3n) is 5.72. The van der Waals surface area contributed by atoms with E-state index in [1.54, 1.807) is 0 Å². The van der Waals surface area contributed by atoms with Gasteiger partial charge in [-0.1, -0.05) is 36.9 Å². The number of hydrogen-bond donors (Lipinski definition) is 2. The maximum absolute atomic E-state index is 13.2. The van der Waals surface area contributed by atoms with Gasteiger partial charge >= 0.3 is 12.4 Å². The highest BCUT2D eigenvalue weighted by molar-refractivity contribution is 5.35. The molecule has 0 aromatic heterocycles. The molecule has 0 amide bonds. The second kappa shape index (κ2) is 8.78. The minimum atomic E-state index is -4.92. The van der Waals surface area contributed by atoms with Crippen molar-refractivity contribution in [3.63, 3.8) is 0 Å². The Bertz CT molecular complexity index is 925. The summed E-state index contributed by atoms with van der Waals surface area (Å²) >= 11 is 0. The molecule has 2 aromatic carbocycles. The zero-order valence-electron chi connectivity index (χ0n) is 17.4. The fourth-order valence-corrected chi connectivity index (χ4v) is 3.78. The van der Waals surface area contributed by atoms with Crippen LogP contribution in [0.5, 0.6) is 0 Å². The van der Waals surface area contributed by atoms with Crippen molar-refractivity contribution in [2.45, 2.75) is 49.8 Å². The summed E-state index contributed by atoms with van der Waals surface area (Å²) in [6.07, 6.45) is -9.70. The summed E-state index contributed by atoms with van der Waals surface area (Å²) in [7, 11) is 0. The van der Waals surface area contributed by atoms with Crippen molar-refractivity contribution in [1.29, 1.82) is 0 Å². The highest BCUT2D eigenvalue weighted by Gasteiger charge is 2.40. The minimum Gasteiger partial charge on any atom is -0.376 e. The zero-order chi connectivity index (χ0) is 23.7. The van der Waals surface area contributed by atoms with Crippen LogP contribution in [0.3, 0.4) is 0 Å². The standard InChI is InChI=1S/C23H24F6N2O/c1-14-20(30)8-9-21(31-14,17-6-4-3-5-7-17)13-32-15(2)16-10-18(22(24,25)26)12-19(11-16)23(27,28)29/h3-7,10-12,15,20,31H,1,8-9,13,30H2,2H3/t15-,20+,21-/m1/s1. The molecule has 1 aliphatic heterocycles. The lowest BCUT2D eigenvalue weighted by Gasteiger charge is -2.43. The quantitative estimate of drug-likeness (QED) is 0.547. The molecule has 1 aliphatic rings. The van der Waals surface area contributed by atoms with Crippen molar-refractivity contribution in [3.05, 3.63) is 83.1 Å². The molecule has 0 aliphatic carbocycles. The molecule has 0 saturated carbocycles. The van der Waals surface area contributed by atoms with Crippen molar-refractivity contribution >= 4 is 0 Å². The largest absolute Gasteiger partial charge is 0.416 e. The molecular weight excluding hydrogens is 434 g/mol. The summed E-state index contributed by atoms with van der Waals surface area (Å²) < 4.78 is 85.1. The molecule has 1 fully saturated rings. The normalized spacial score (nSPS) is 23.0. The van der Waals surface area contributed by atoms with E-state index in [0.717, 1.165) is 5.56 Å². The second-order valence-corrected chi connectivity index (χ2v) is 8.04. The zero-order valence-corrected chi connectivity index (χ0v) is 17.4. The van der Waals surface area contributed by atoms with E-state index in [9.17, 15) is 26.3 Å². The predicted molar refractivity (Wildman–Crippen MR) is 108 cm³/mol. The van der Waals surface area contributed by atoms with E-state index < -0.39 is 35.1 Å². The Kier molecular flexibility index (Phi) is 6.62. The molecule has 3 nitrogen and oxygen atoms in total. The van der Waals surface area contributed by atoms with Crippen LogP contribution in [-0.2, 0) is 22.6 Å². The molecular formula is C23H24F6N2O. The van der Waals surface area contributed by atoms with Crippen molar-refractivity contribution in [2.75, 3.05) is 6.61 Å². The molecule has 32 heavy (non-hydrogen) atoms. The maximum atomic E-state index is 13.2. The van der Waals surface area contributed by atoms with Gasteiger partial charge < -0.3 is 15.8 Å². The van der Waals surface area contributed by atoms with Crippen LogP contribution >= 0.6 is 0 Å². The van der Waals surface area contributed by atoms with Crippen LogP contribution in [0.2, 0.25) is 0 Å². The first-order chi connectivity index (χ1) is 14.8. The van der Waals surface area contributed by atoms with Gasteiger partial charge in [-0.25, -0.2) is 0 Å². The molecule has 0 unspecified atom stereocenters. The fourth-order valence-electron chi connectivity index (χ4n) is 3.78. The number of piperidine rings is 1. The van der Waals surface area contributed by atoms with Gasteiger partial charge in [0.2, 0.25) is 0 Å². The average Bonchev–Trinajstić information content (AvgIpc) is 2.73. The number of nitrogens with one attached hydrogen (secondary N) is 1. The van der Waals surface area contributed by atoms with Crippen molar-refractivity contribution < 1.29 is 31.1 Å². The van der Waals surface area contributed by atoms with Gasteiger partial charge in [0.1, 0.15) is 0 Å².